The van der Waals surface area contributed by atoms with Crippen molar-refractivity contribution in [1.29, 1.82) is 0 Å². The number of hydrazine groups is 1. The fourth-order valence-corrected chi connectivity index (χ4v) is 2.53. The number of anilines is 3. The van der Waals surface area contributed by atoms with Crippen LogP contribution in [-0.4, -0.2) is 10.9 Å². The van der Waals surface area contributed by atoms with E-state index in [1.54, 1.807) is 24.4 Å². The third-order valence-electron chi connectivity index (χ3n) is 3.05. The molecule has 6 heteroatoms. The van der Waals surface area contributed by atoms with Crippen molar-refractivity contribution in [3.05, 3.63) is 71.7 Å². The van der Waals surface area contributed by atoms with Gasteiger partial charge in [-0.1, -0.05) is 24.3 Å². The Kier molecular flexibility index (Phi) is 4.13. The van der Waals surface area contributed by atoms with Crippen molar-refractivity contribution in [2.45, 2.75) is 0 Å². The van der Waals surface area contributed by atoms with E-state index >= 15 is 0 Å². The number of thiazole rings is 1. The van der Waals surface area contributed by atoms with Gasteiger partial charge in [-0.3, -0.25) is 4.79 Å². The zero-order valence-electron chi connectivity index (χ0n) is 11.6. The van der Waals surface area contributed by atoms with E-state index in [9.17, 15) is 4.79 Å². The lowest BCUT2D eigenvalue weighted by Crippen LogP contribution is -2.37. The smallest absolute Gasteiger partial charge is 0.272 e. The van der Waals surface area contributed by atoms with E-state index in [0.717, 1.165) is 15.8 Å². The second kappa shape index (κ2) is 6.38. The zero-order chi connectivity index (χ0) is 15.4. The lowest BCUT2D eigenvalue weighted by Gasteiger charge is -2.17. The Morgan fingerprint density at radius 1 is 1.14 bits per heavy atom. The van der Waals surface area contributed by atoms with Gasteiger partial charge in [-0.15, -0.1) is 11.3 Å². The third kappa shape index (κ3) is 3.13. The van der Waals surface area contributed by atoms with Gasteiger partial charge >= 0.3 is 0 Å². The van der Waals surface area contributed by atoms with Gasteiger partial charge in [0.2, 0.25) is 0 Å². The molecule has 1 heterocycles. The van der Waals surface area contributed by atoms with Crippen molar-refractivity contribution >= 4 is 33.8 Å². The molecule has 2 aromatic carbocycles. The molecule has 1 amide bonds. The molecule has 0 aliphatic carbocycles. The Labute approximate surface area is 132 Å². The Morgan fingerprint density at radius 2 is 1.95 bits per heavy atom. The van der Waals surface area contributed by atoms with Crippen LogP contribution in [0, 0.1) is 0 Å². The number of amides is 1. The molecule has 3 aromatic rings. The summed E-state index contributed by atoms with van der Waals surface area (Å²) in [5, 5.41) is 6.99. The number of rotatable bonds is 4. The van der Waals surface area contributed by atoms with Crippen LogP contribution in [0.15, 0.2) is 66.2 Å². The number of hydrogen-bond acceptors (Lipinski definition) is 5. The largest absolute Gasteiger partial charge is 0.331 e. The number of nitrogens with zero attached hydrogens (tertiary/aromatic N) is 2. The van der Waals surface area contributed by atoms with E-state index in [2.05, 4.69) is 10.3 Å². The first kappa shape index (κ1) is 14.2. The van der Waals surface area contributed by atoms with E-state index in [1.165, 1.54) is 11.3 Å². The van der Waals surface area contributed by atoms with Gasteiger partial charge in [-0.05, 0) is 30.3 Å². The van der Waals surface area contributed by atoms with E-state index in [1.807, 2.05) is 41.8 Å². The monoisotopic (exact) mass is 310 g/mol. The number of hydrogen-bond donors (Lipinski definition) is 2. The predicted octanol–water partition coefficient (Wildman–Crippen LogP) is 3.41. The summed E-state index contributed by atoms with van der Waals surface area (Å²) in [6.07, 6.45) is 1.73. The fraction of sp³-hybridized carbons (Fsp3) is 0. The van der Waals surface area contributed by atoms with Gasteiger partial charge in [-0.2, -0.15) is 0 Å². The van der Waals surface area contributed by atoms with E-state index in [0.29, 0.717) is 11.3 Å². The first-order valence-electron chi connectivity index (χ1n) is 6.65. The fourth-order valence-electron chi connectivity index (χ4n) is 1.98. The highest BCUT2D eigenvalue weighted by molar-refractivity contribution is 7.13. The molecule has 0 aliphatic heterocycles. The van der Waals surface area contributed by atoms with Gasteiger partial charge < -0.3 is 5.32 Å². The maximum Gasteiger partial charge on any atom is 0.272 e. The Hall–Kier alpha value is -2.70. The highest BCUT2D eigenvalue weighted by atomic mass is 32.1. The van der Waals surface area contributed by atoms with Gasteiger partial charge in [-0.25, -0.2) is 15.8 Å². The Morgan fingerprint density at radius 3 is 2.68 bits per heavy atom. The zero-order valence-corrected chi connectivity index (χ0v) is 12.5. The second-order valence-electron chi connectivity index (χ2n) is 4.55. The Bertz CT molecular complexity index is 759. The van der Waals surface area contributed by atoms with E-state index in [4.69, 9.17) is 5.84 Å². The summed E-state index contributed by atoms with van der Waals surface area (Å²) < 4.78 is 0. The average Bonchev–Trinajstić information content (AvgIpc) is 3.07. The summed E-state index contributed by atoms with van der Waals surface area (Å²) in [5.74, 6) is 5.70. The number of aromatic nitrogens is 1. The highest BCUT2D eigenvalue weighted by Crippen LogP contribution is 2.23. The summed E-state index contributed by atoms with van der Waals surface area (Å²) in [7, 11) is 0. The molecule has 110 valence electrons. The highest BCUT2D eigenvalue weighted by Gasteiger charge is 2.14. The first-order chi connectivity index (χ1) is 10.7. The van der Waals surface area contributed by atoms with Crippen LogP contribution in [0.4, 0.5) is 16.5 Å². The molecule has 0 radical (unpaired) electrons. The molecule has 0 spiro atoms. The molecule has 1 aromatic heterocycles. The molecule has 0 saturated carbocycles. The quantitative estimate of drug-likeness (QED) is 0.440. The van der Waals surface area contributed by atoms with Crippen molar-refractivity contribution in [3.8, 4) is 0 Å². The Balaban J connectivity index is 1.81. The van der Waals surface area contributed by atoms with Crippen LogP contribution in [-0.2, 0) is 0 Å². The molecule has 3 rings (SSSR count). The summed E-state index contributed by atoms with van der Waals surface area (Å²) in [4.78, 5) is 16.5. The van der Waals surface area contributed by atoms with Crippen molar-refractivity contribution in [1.82, 2.24) is 4.98 Å². The molecule has 0 aliphatic rings. The van der Waals surface area contributed by atoms with E-state index in [-0.39, 0.29) is 5.91 Å². The third-order valence-corrected chi connectivity index (χ3v) is 3.74. The van der Waals surface area contributed by atoms with Gasteiger partial charge in [0.15, 0.2) is 5.13 Å². The molecule has 0 saturated heterocycles. The van der Waals surface area contributed by atoms with Crippen LogP contribution in [0.1, 0.15) is 10.4 Å². The number of carbonyl (C=O) groups excluding carboxylic acids is 1. The minimum atomic E-state index is -0.257. The van der Waals surface area contributed by atoms with Gasteiger partial charge in [0.25, 0.3) is 5.91 Å². The number of nitrogens with two attached hydrogens (primary N) is 1. The van der Waals surface area contributed by atoms with Crippen LogP contribution >= 0.6 is 11.3 Å². The summed E-state index contributed by atoms with van der Waals surface area (Å²) in [5.41, 5.74) is 1.97. The topological polar surface area (TPSA) is 71.2 Å². The molecule has 5 nitrogen and oxygen atoms in total. The van der Waals surface area contributed by atoms with Crippen LogP contribution in [0.2, 0.25) is 0 Å². The molecule has 0 fully saturated rings. The van der Waals surface area contributed by atoms with Crippen LogP contribution in [0.5, 0.6) is 0 Å². The number of nitrogens with one attached hydrogen (secondary N) is 1. The van der Waals surface area contributed by atoms with Crippen molar-refractivity contribution in [2.75, 3.05) is 10.3 Å². The van der Waals surface area contributed by atoms with Gasteiger partial charge in [0.05, 0.1) is 5.69 Å². The van der Waals surface area contributed by atoms with Crippen LogP contribution in [0.25, 0.3) is 0 Å². The van der Waals surface area contributed by atoms with Crippen LogP contribution in [0.3, 0.4) is 0 Å². The van der Waals surface area contributed by atoms with Crippen molar-refractivity contribution < 1.29 is 4.79 Å². The number of carbonyl (C=O) groups is 1. The maximum atomic E-state index is 12.3. The normalized spacial score (nSPS) is 10.2. The van der Waals surface area contributed by atoms with Crippen molar-refractivity contribution in [3.63, 3.8) is 0 Å². The molecular formula is C16H14N4OS. The van der Waals surface area contributed by atoms with Gasteiger partial charge in [0, 0.05) is 22.8 Å². The summed E-state index contributed by atoms with van der Waals surface area (Å²) >= 11 is 1.50. The van der Waals surface area contributed by atoms with E-state index < -0.39 is 0 Å². The molecule has 22 heavy (non-hydrogen) atoms. The minimum Gasteiger partial charge on any atom is -0.331 e. The predicted molar refractivity (Wildman–Crippen MR) is 89.3 cm³/mol. The number of benzene rings is 2. The SMILES string of the molecule is NN(C(=O)c1ccccc1)c1cccc(Nc2nccs2)c1. The molecule has 0 atom stereocenters. The standard InChI is InChI=1S/C16H14N4OS/c17-20(15(21)12-5-2-1-3-6-12)14-8-4-7-13(11-14)19-16-18-9-10-22-16/h1-11H,17H2,(H,18,19). The minimum absolute atomic E-state index is 0.257. The average molecular weight is 310 g/mol. The molecule has 0 unspecified atom stereocenters. The van der Waals surface area contributed by atoms with Crippen molar-refractivity contribution in [2.24, 2.45) is 5.84 Å². The molecule has 0 bridgehead atoms. The van der Waals surface area contributed by atoms with Gasteiger partial charge in [0.1, 0.15) is 0 Å². The second-order valence-corrected chi connectivity index (χ2v) is 5.45. The van der Waals surface area contributed by atoms with Crippen LogP contribution < -0.4 is 16.2 Å². The molecular weight excluding hydrogens is 296 g/mol. The summed E-state index contributed by atoms with van der Waals surface area (Å²) in [6.45, 7) is 0. The first-order valence-corrected chi connectivity index (χ1v) is 7.53. The molecule has 3 N–H and O–H groups in total. The lowest BCUT2D eigenvalue weighted by molar-refractivity contribution is 0.0987. The summed E-state index contributed by atoms with van der Waals surface area (Å²) in [6, 6.07) is 16.3. The maximum absolute atomic E-state index is 12.3. The lowest BCUT2D eigenvalue weighted by atomic mass is 10.2.